The number of aryl methyl sites for hydroxylation is 1. The van der Waals surface area contributed by atoms with Crippen molar-refractivity contribution < 1.29 is 4.42 Å². The Hall–Kier alpha value is -1.62. The molecule has 2 heterocycles. The summed E-state index contributed by atoms with van der Waals surface area (Å²) in [6.07, 6.45) is 5.79. The van der Waals surface area contributed by atoms with Gasteiger partial charge in [-0.05, 0) is 19.4 Å². The van der Waals surface area contributed by atoms with E-state index in [1.54, 1.807) is 6.20 Å². The van der Waals surface area contributed by atoms with Crippen LogP contribution in [0.5, 0.6) is 0 Å². The Labute approximate surface area is 114 Å². The molecule has 2 aromatic heterocycles. The molecule has 0 aliphatic rings. The highest BCUT2D eigenvalue weighted by Crippen LogP contribution is 2.09. The standard InChI is InChI=1S/C14H22N4O/c1-4-11(3)18-7-6-12(17-18)8-15-10-14-16-9-13(5-2)19-14/h6-7,9,11,15H,4-5,8,10H2,1-3H3. The van der Waals surface area contributed by atoms with Gasteiger partial charge in [0.2, 0.25) is 5.89 Å². The van der Waals surface area contributed by atoms with Gasteiger partial charge >= 0.3 is 0 Å². The second kappa shape index (κ2) is 6.52. The van der Waals surface area contributed by atoms with Gasteiger partial charge in [-0.1, -0.05) is 13.8 Å². The average Bonchev–Trinajstić information content (AvgIpc) is 3.07. The molecule has 0 aromatic carbocycles. The Morgan fingerprint density at radius 1 is 1.37 bits per heavy atom. The van der Waals surface area contributed by atoms with Gasteiger partial charge in [-0.25, -0.2) is 4.98 Å². The lowest BCUT2D eigenvalue weighted by Gasteiger charge is -2.08. The van der Waals surface area contributed by atoms with Crippen LogP contribution in [0.3, 0.4) is 0 Å². The van der Waals surface area contributed by atoms with E-state index in [0.29, 0.717) is 12.6 Å². The van der Waals surface area contributed by atoms with Crippen molar-refractivity contribution in [2.24, 2.45) is 0 Å². The van der Waals surface area contributed by atoms with Crippen molar-refractivity contribution in [3.8, 4) is 0 Å². The van der Waals surface area contributed by atoms with Gasteiger partial charge in [-0.3, -0.25) is 4.68 Å². The van der Waals surface area contributed by atoms with Crippen molar-refractivity contribution in [2.75, 3.05) is 0 Å². The van der Waals surface area contributed by atoms with Crippen LogP contribution in [0.4, 0.5) is 0 Å². The van der Waals surface area contributed by atoms with Crippen LogP contribution in [0, 0.1) is 0 Å². The van der Waals surface area contributed by atoms with Gasteiger partial charge in [0.1, 0.15) is 5.76 Å². The number of oxazole rings is 1. The monoisotopic (exact) mass is 262 g/mol. The minimum Gasteiger partial charge on any atom is -0.444 e. The number of nitrogens with one attached hydrogen (secondary N) is 1. The summed E-state index contributed by atoms with van der Waals surface area (Å²) in [5.41, 5.74) is 1.04. The molecule has 104 valence electrons. The van der Waals surface area contributed by atoms with E-state index in [9.17, 15) is 0 Å². The van der Waals surface area contributed by atoms with E-state index in [1.807, 2.05) is 16.9 Å². The first kappa shape index (κ1) is 13.8. The molecule has 0 saturated carbocycles. The fourth-order valence-corrected chi connectivity index (χ4v) is 1.79. The van der Waals surface area contributed by atoms with E-state index in [4.69, 9.17) is 4.42 Å². The van der Waals surface area contributed by atoms with Gasteiger partial charge in [0, 0.05) is 25.2 Å². The zero-order chi connectivity index (χ0) is 13.7. The number of nitrogens with zero attached hydrogens (tertiary/aromatic N) is 3. The highest BCUT2D eigenvalue weighted by Gasteiger charge is 2.05. The van der Waals surface area contributed by atoms with Crippen molar-refractivity contribution in [1.29, 1.82) is 0 Å². The average molecular weight is 262 g/mol. The van der Waals surface area contributed by atoms with E-state index >= 15 is 0 Å². The summed E-state index contributed by atoms with van der Waals surface area (Å²) in [4.78, 5) is 4.21. The molecule has 0 spiro atoms. The molecule has 0 fully saturated rings. The van der Waals surface area contributed by atoms with Gasteiger partial charge in [0.15, 0.2) is 0 Å². The molecule has 2 aromatic rings. The zero-order valence-corrected chi connectivity index (χ0v) is 11.9. The van der Waals surface area contributed by atoms with Crippen LogP contribution in [0.1, 0.15) is 50.6 Å². The molecule has 19 heavy (non-hydrogen) atoms. The number of aromatic nitrogens is 3. The lowest BCUT2D eigenvalue weighted by Crippen LogP contribution is -2.14. The molecular weight excluding hydrogens is 240 g/mol. The van der Waals surface area contributed by atoms with E-state index in [2.05, 4.69) is 36.2 Å². The quantitative estimate of drug-likeness (QED) is 0.833. The number of hydrogen-bond acceptors (Lipinski definition) is 4. The summed E-state index contributed by atoms with van der Waals surface area (Å²) in [6, 6.07) is 2.50. The predicted octanol–water partition coefficient (Wildman–Crippen LogP) is 2.69. The predicted molar refractivity (Wildman–Crippen MR) is 73.7 cm³/mol. The summed E-state index contributed by atoms with van der Waals surface area (Å²) in [5, 5.41) is 7.83. The van der Waals surface area contributed by atoms with Gasteiger partial charge in [-0.2, -0.15) is 5.10 Å². The third-order valence-corrected chi connectivity index (χ3v) is 3.24. The van der Waals surface area contributed by atoms with Gasteiger partial charge in [-0.15, -0.1) is 0 Å². The first-order chi connectivity index (χ1) is 9.22. The van der Waals surface area contributed by atoms with Crippen LogP contribution in [0.15, 0.2) is 22.9 Å². The molecule has 5 nitrogen and oxygen atoms in total. The van der Waals surface area contributed by atoms with Crippen LogP contribution < -0.4 is 5.32 Å². The lowest BCUT2D eigenvalue weighted by atomic mass is 10.3. The van der Waals surface area contributed by atoms with E-state index < -0.39 is 0 Å². The Morgan fingerprint density at radius 2 is 2.21 bits per heavy atom. The number of rotatable bonds is 7. The van der Waals surface area contributed by atoms with E-state index in [-0.39, 0.29) is 0 Å². The van der Waals surface area contributed by atoms with E-state index in [1.165, 1.54) is 0 Å². The molecule has 1 N–H and O–H groups in total. The molecule has 0 bridgehead atoms. The van der Waals surface area contributed by atoms with Gasteiger partial charge < -0.3 is 9.73 Å². The third-order valence-electron chi connectivity index (χ3n) is 3.24. The Kier molecular flexibility index (Phi) is 4.74. The summed E-state index contributed by atoms with van der Waals surface area (Å²) >= 11 is 0. The van der Waals surface area contributed by atoms with Crippen molar-refractivity contribution in [3.05, 3.63) is 35.8 Å². The van der Waals surface area contributed by atoms with Gasteiger partial charge in [0.05, 0.1) is 18.4 Å². The van der Waals surface area contributed by atoms with Crippen molar-refractivity contribution in [3.63, 3.8) is 0 Å². The highest BCUT2D eigenvalue weighted by molar-refractivity contribution is 5.00. The largest absolute Gasteiger partial charge is 0.444 e. The smallest absolute Gasteiger partial charge is 0.208 e. The molecule has 0 aliphatic heterocycles. The fraction of sp³-hybridized carbons (Fsp3) is 0.571. The van der Waals surface area contributed by atoms with E-state index in [0.717, 1.165) is 36.7 Å². The van der Waals surface area contributed by atoms with Crippen molar-refractivity contribution >= 4 is 0 Å². The Bertz CT molecular complexity index is 503. The highest BCUT2D eigenvalue weighted by atomic mass is 16.4. The summed E-state index contributed by atoms with van der Waals surface area (Å²) < 4.78 is 7.54. The Morgan fingerprint density at radius 3 is 2.89 bits per heavy atom. The molecular formula is C14H22N4O. The minimum absolute atomic E-state index is 0.451. The van der Waals surface area contributed by atoms with Crippen molar-refractivity contribution in [1.82, 2.24) is 20.1 Å². The molecule has 1 atom stereocenters. The molecule has 2 rings (SSSR count). The van der Waals surface area contributed by atoms with Crippen LogP contribution in [0.2, 0.25) is 0 Å². The molecule has 0 aliphatic carbocycles. The van der Waals surface area contributed by atoms with Crippen LogP contribution >= 0.6 is 0 Å². The van der Waals surface area contributed by atoms with Crippen LogP contribution in [-0.4, -0.2) is 14.8 Å². The fourth-order valence-electron chi connectivity index (χ4n) is 1.79. The molecule has 0 saturated heterocycles. The topological polar surface area (TPSA) is 55.9 Å². The van der Waals surface area contributed by atoms with Crippen molar-refractivity contribution in [2.45, 2.75) is 52.7 Å². The first-order valence-corrected chi connectivity index (χ1v) is 6.91. The maximum Gasteiger partial charge on any atom is 0.208 e. The first-order valence-electron chi connectivity index (χ1n) is 6.91. The normalized spacial score (nSPS) is 12.8. The second-order valence-corrected chi connectivity index (χ2v) is 4.72. The Balaban J connectivity index is 1.80. The van der Waals surface area contributed by atoms with Crippen LogP contribution in [0.25, 0.3) is 0 Å². The third kappa shape index (κ3) is 3.67. The molecule has 0 amide bonds. The van der Waals surface area contributed by atoms with Gasteiger partial charge in [0.25, 0.3) is 0 Å². The summed E-state index contributed by atoms with van der Waals surface area (Å²) in [6.45, 7) is 7.75. The SMILES string of the molecule is CCc1cnc(CNCc2ccn(C(C)CC)n2)o1. The summed E-state index contributed by atoms with van der Waals surface area (Å²) in [5.74, 6) is 1.66. The number of hydrogen-bond donors (Lipinski definition) is 1. The summed E-state index contributed by atoms with van der Waals surface area (Å²) in [7, 11) is 0. The zero-order valence-electron chi connectivity index (χ0n) is 11.9. The maximum atomic E-state index is 5.53. The second-order valence-electron chi connectivity index (χ2n) is 4.72. The maximum absolute atomic E-state index is 5.53. The minimum atomic E-state index is 0.451. The molecule has 5 heteroatoms. The molecule has 1 unspecified atom stereocenters. The van der Waals surface area contributed by atoms with Crippen LogP contribution in [-0.2, 0) is 19.5 Å². The molecule has 0 radical (unpaired) electrons. The lowest BCUT2D eigenvalue weighted by molar-refractivity contribution is 0.435.